The van der Waals surface area contributed by atoms with Gasteiger partial charge in [-0.3, -0.25) is 9.59 Å². The first-order chi connectivity index (χ1) is 10.0. The van der Waals surface area contributed by atoms with Gasteiger partial charge in [0, 0.05) is 26.7 Å². The van der Waals surface area contributed by atoms with Crippen LogP contribution < -0.4 is 5.32 Å². The van der Waals surface area contributed by atoms with Gasteiger partial charge in [0.05, 0.1) is 12.0 Å². The highest BCUT2D eigenvalue weighted by molar-refractivity contribution is 5.88. The van der Waals surface area contributed by atoms with Crippen LogP contribution in [0.3, 0.4) is 0 Å². The molecular weight excluding hydrogens is 266 g/mol. The van der Waals surface area contributed by atoms with Crippen LogP contribution in [0.15, 0.2) is 0 Å². The minimum Gasteiger partial charge on any atom is -0.342 e. The minimum absolute atomic E-state index is 0.0468. The van der Waals surface area contributed by atoms with E-state index in [4.69, 9.17) is 0 Å². The summed E-state index contributed by atoms with van der Waals surface area (Å²) in [5, 5.41) is 3.40. The Morgan fingerprint density at radius 3 is 2.62 bits per heavy atom. The SMILES string of the molecule is CCN(CC)C(=O)CN(C)C(=O)[C@@]12CCCC[C@H]1CNC2. The van der Waals surface area contributed by atoms with E-state index < -0.39 is 0 Å². The van der Waals surface area contributed by atoms with E-state index in [0.29, 0.717) is 19.0 Å². The molecule has 2 fully saturated rings. The quantitative estimate of drug-likeness (QED) is 0.826. The number of hydrogen-bond donors (Lipinski definition) is 1. The number of hydrogen-bond acceptors (Lipinski definition) is 3. The molecule has 2 aliphatic rings. The van der Waals surface area contributed by atoms with Crippen molar-refractivity contribution in [3.05, 3.63) is 0 Å². The second kappa shape index (κ2) is 6.77. The zero-order valence-corrected chi connectivity index (χ0v) is 13.7. The second-order valence-electron chi connectivity index (χ2n) is 6.46. The highest BCUT2D eigenvalue weighted by atomic mass is 16.2. The van der Waals surface area contributed by atoms with Gasteiger partial charge >= 0.3 is 0 Å². The predicted molar refractivity (Wildman–Crippen MR) is 82.8 cm³/mol. The van der Waals surface area contributed by atoms with Crippen molar-refractivity contribution in [2.24, 2.45) is 11.3 Å². The fourth-order valence-corrected chi connectivity index (χ4v) is 4.00. The maximum Gasteiger partial charge on any atom is 0.242 e. The summed E-state index contributed by atoms with van der Waals surface area (Å²) in [6.07, 6.45) is 4.45. The Kier molecular flexibility index (Phi) is 5.25. The number of nitrogens with one attached hydrogen (secondary N) is 1. The maximum atomic E-state index is 13.0. The van der Waals surface area contributed by atoms with Crippen molar-refractivity contribution in [3.8, 4) is 0 Å². The van der Waals surface area contributed by atoms with Crippen LogP contribution in [0, 0.1) is 11.3 Å². The van der Waals surface area contributed by atoms with Gasteiger partial charge in [-0.05, 0) is 39.2 Å². The molecule has 2 atom stereocenters. The van der Waals surface area contributed by atoms with Crippen molar-refractivity contribution in [2.45, 2.75) is 39.5 Å². The molecule has 1 saturated carbocycles. The molecule has 1 aliphatic heterocycles. The molecule has 0 spiro atoms. The van der Waals surface area contributed by atoms with Crippen molar-refractivity contribution in [1.82, 2.24) is 15.1 Å². The number of carbonyl (C=O) groups is 2. The Bertz CT molecular complexity index is 395. The van der Waals surface area contributed by atoms with Gasteiger partial charge in [-0.2, -0.15) is 0 Å². The number of likely N-dealkylation sites (N-methyl/N-ethyl adjacent to an activating group) is 2. The molecular formula is C16H29N3O2. The summed E-state index contributed by atoms with van der Waals surface area (Å²) < 4.78 is 0. The Labute approximate surface area is 128 Å². The number of nitrogens with zero attached hydrogens (tertiary/aromatic N) is 2. The van der Waals surface area contributed by atoms with Crippen LogP contribution in [0.2, 0.25) is 0 Å². The third-order valence-electron chi connectivity index (χ3n) is 5.30. The number of carbonyl (C=O) groups excluding carboxylic acids is 2. The van der Waals surface area contributed by atoms with Crippen LogP contribution in [-0.2, 0) is 9.59 Å². The maximum absolute atomic E-state index is 13.0. The van der Waals surface area contributed by atoms with E-state index in [1.54, 1.807) is 16.8 Å². The molecule has 5 heteroatoms. The summed E-state index contributed by atoms with van der Waals surface area (Å²) >= 11 is 0. The standard InChI is InChI=1S/C16H29N3O2/c1-4-19(5-2)14(20)11-18(3)15(21)16-9-7-6-8-13(16)10-17-12-16/h13,17H,4-12H2,1-3H3/t13-,16+/m0/s1. The lowest BCUT2D eigenvalue weighted by molar-refractivity contribution is -0.148. The molecule has 2 rings (SSSR count). The molecule has 1 aliphatic carbocycles. The van der Waals surface area contributed by atoms with E-state index in [1.807, 2.05) is 13.8 Å². The summed E-state index contributed by atoms with van der Waals surface area (Å²) in [6, 6.07) is 0. The number of rotatable bonds is 5. The van der Waals surface area contributed by atoms with Crippen molar-refractivity contribution in [2.75, 3.05) is 39.8 Å². The zero-order chi connectivity index (χ0) is 15.5. The van der Waals surface area contributed by atoms with Gasteiger partial charge in [0.15, 0.2) is 0 Å². The third kappa shape index (κ3) is 3.07. The molecule has 5 nitrogen and oxygen atoms in total. The lowest BCUT2D eigenvalue weighted by Gasteiger charge is -2.40. The van der Waals surface area contributed by atoms with Crippen molar-refractivity contribution < 1.29 is 9.59 Å². The van der Waals surface area contributed by atoms with E-state index in [2.05, 4.69) is 5.32 Å². The van der Waals surface area contributed by atoms with Gasteiger partial charge in [0.2, 0.25) is 11.8 Å². The van der Waals surface area contributed by atoms with Gasteiger partial charge in [-0.1, -0.05) is 12.8 Å². The first kappa shape index (κ1) is 16.3. The minimum atomic E-state index is -0.253. The van der Waals surface area contributed by atoms with Crippen LogP contribution >= 0.6 is 0 Å². The van der Waals surface area contributed by atoms with Gasteiger partial charge in [0.25, 0.3) is 0 Å². The summed E-state index contributed by atoms with van der Waals surface area (Å²) in [6.45, 7) is 7.28. The Morgan fingerprint density at radius 2 is 1.95 bits per heavy atom. The summed E-state index contributed by atoms with van der Waals surface area (Å²) in [7, 11) is 1.78. The lowest BCUT2D eigenvalue weighted by Crippen LogP contribution is -2.51. The van der Waals surface area contributed by atoms with Crippen molar-refractivity contribution in [3.63, 3.8) is 0 Å². The first-order valence-electron chi connectivity index (χ1n) is 8.29. The molecule has 21 heavy (non-hydrogen) atoms. The van der Waals surface area contributed by atoms with E-state index >= 15 is 0 Å². The molecule has 1 saturated heterocycles. The summed E-state index contributed by atoms with van der Waals surface area (Å²) in [5.74, 6) is 0.660. The molecule has 2 amide bonds. The van der Waals surface area contributed by atoms with Crippen LogP contribution in [0.5, 0.6) is 0 Å². The van der Waals surface area contributed by atoms with E-state index in [9.17, 15) is 9.59 Å². The van der Waals surface area contributed by atoms with Crippen LogP contribution in [0.1, 0.15) is 39.5 Å². The molecule has 120 valence electrons. The van der Waals surface area contributed by atoms with Gasteiger partial charge < -0.3 is 15.1 Å². The fraction of sp³-hybridized carbons (Fsp3) is 0.875. The normalized spacial score (nSPS) is 28.0. The number of fused-ring (bicyclic) bond motifs is 1. The molecule has 1 N–H and O–H groups in total. The fourth-order valence-electron chi connectivity index (χ4n) is 4.00. The van der Waals surface area contributed by atoms with Gasteiger partial charge in [0.1, 0.15) is 0 Å². The van der Waals surface area contributed by atoms with Crippen LogP contribution in [0.25, 0.3) is 0 Å². The van der Waals surface area contributed by atoms with E-state index in [1.165, 1.54) is 6.42 Å². The molecule has 0 aromatic rings. The highest BCUT2D eigenvalue weighted by Gasteiger charge is 2.51. The third-order valence-corrected chi connectivity index (χ3v) is 5.30. The predicted octanol–water partition coefficient (Wildman–Crippen LogP) is 1.09. The first-order valence-corrected chi connectivity index (χ1v) is 8.29. The molecule has 1 heterocycles. The second-order valence-corrected chi connectivity index (χ2v) is 6.46. The Balaban J connectivity index is 2.03. The topological polar surface area (TPSA) is 52.7 Å². The Morgan fingerprint density at radius 1 is 1.24 bits per heavy atom. The van der Waals surface area contributed by atoms with Crippen LogP contribution in [0.4, 0.5) is 0 Å². The van der Waals surface area contributed by atoms with Crippen LogP contribution in [-0.4, -0.2) is 61.4 Å². The number of amides is 2. The van der Waals surface area contributed by atoms with E-state index in [-0.39, 0.29) is 23.8 Å². The molecule has 0 aromatic carbocycles. The molecule has 0 aromatic heterocycles. The van der Waals surface area contributed by atoms with Gasteiger partial charge in [-0.25, -0.2) is 0 Å². The molecule has 0 unspecified atom stereocenters. The molecule has 0 bridgehead atoms. The Hall–Kier alpha value is -1.10. The highest BCUT2D eigenvalue weighted by Crippen LogP contribution is 2.44. The average Bonchev–Trinajstić information content (AvgIpc) is 2.92. The zero-order valence-electron chi connectivity index (χ0n) is 13.7. The molecule has 0 radical (unpaired) electrons. The van der Waals surface area contributed by atoms with E-state index in [0.717, 1.165) is 32.4 Å². The summed E-state index contributed by atoms with van der Waals surface area (Å²) in [5.41, 5.74) is -0.253. The lowest BCUT2D eigenvalue weighted by atomic mass is 9.67. The largest absolute Gasteiger partial charge is 0.342 e. The van der Waals surface area contributed by atoms with Crippen molar-refractivity contribution >= 4 is 11.8 Å². The van der Waals surface area contributed by atoms with Gasteiger partial charge in [-0.15, -0.1) is 0 Å². The monoisotopic (exact) mass is 295 g/mol. The summed E-state index contributed by atoms with van der Waals surface area (Å²) in [4.78, 5) is 28.6. The smallest absolute Gasteiger partial charge is 0.242 e. The van der Waals surface area contributed by atoms with Crippen molar-refractivity contribution in [1.29, 1.82) is 0 Å². The average molecular weight is 295 g/mol.